The Labute approximate surface area is 179 Å². The van der Waals surface area contributed by atoms with E-state index in [9.17, 15) is 9.59 Å². The maximum atomic E-state index is 11.9. The molecule has 0 saturated carbocycles. The quantitative estimate of drug-likeness (QED) is 0.450. The van der Waals surface area contributed by atoms with Crippen LogP contribution in [-0.2, 0) is 4.79 Å². The third-order valence-electron chi connectivity index (χ3n) is 3.84. The second kappa shape index (κ2) is 9.89. The van der Waals surface area contributed by atoms with E-state index < -0.39 is 17.8 Å². The molecule has 158 valence electrons. The highest BCUT2D eigenvalue weighted by Crippen LogP contribution is 2.36. The van der Waals surface area contributed by atoms with Gasteiger partial charge in [-0.05, 0) is 61.2 Å². The zero-order valence-corrected chi connectivity index (χ0v) is 17.8. The number of amides is 2. The number of rotatable bonds is 5. The van der Waals surface area contributed by atoms with Crippen molar-refractivity contribution in [2.45, 2.75) is 27.7 Å². The number of halogens is 1. The molecule has 4 N–H and O–H groups in total. The van der Waals surface area contributed by atoms with Crippen molar-refractivity contribution in [1.82, 2.24) is 0 Å². The molecule has 0 saturated heterocycles. The predicted octanol–water partition coefficient (Wildman–Crippen LogP) is 5.08. The van der Waals surface area contributed by atoms with Crippen LogP contribution in [0.5, 0.6) is 11.5 Å². The van der Waals surface area contributed by atoms with E-state index in [2.05, 4.69) is 29.1 Å². The number of nitrogens with one attached hydrogen (secondary N) is 1. The standard InChI is InChI=1S/C21H23ClN4O4/c1-11(2)10-24-17-6-5-15(8-12(17)3)30-18-13(4)7-14(9-16(18)22)25-20(27)19(23)26-21(28)29/h5-11H,1-4H3,(H2,23,26)(H,25,27)(H,28,29). The first-order chi connectivity index (χ1) is 14.1. The van der Waals surface area contributed by atoms with E-state index in [-0.39, 0.29) is 5.02 Å². The summed E-state index contributed by atoms with van der Waals surface area (Å²) in [5.74, 6) is -0.149. The first-order valence-electron chi connectivity index (χ1n) is 9.08. The second-order valence-corrected chi connectivity index (χ2v) is 7.32. The maximum Gasteiger partial charge on any atom is 0.433 e. The third kappa shape index (κ3) is 6.31. The summed E-state index contributed by atoms with van der Waals surface area (Å²) in [4.78, 5) is 29.8. The van der Waals surface area contributed by atoms with Gasteiger partial charge in [0.05, 0.1) is 10.7 Å². The summed E-state index contributed by atoms with van der Waals surface area (Å²) in [6.07, 6.45) is 0.321. The number of carbonyl (C=O) groups is 2. The van der Waals surface area contributed by atoms with Gasteiger partial charge in [-0.1, -0.05) is 25.4 Å². The molecule has 2 aromatic carbocycles. The number of nitrogens with two attached hydrogens (primary N) is 1. The van der Waals surface area contributed by atoms with E-state index in [1.54, 1.807) is 19.1 Å². The Hall–Kier alpha value is -3.39. The minimum absolute atomic E-state index is 0.263. The summed E-state index contributed by atoms with van der Waals surface area (Å²) in [6.45, 7) is 7.82. The molecule has 0 aromatic heterocycles. The number of aliphatic imine (C=N–C) groups is 2. The molecule has 0 unspecified atom stereocenters. The molecule has 0 bridgehead atoms. The average molecular weight is 431 g/mol. The van der Waals surface area contributed by atoms with Crippen molar-refractivity contribution in [3.63, 3.8) is 0 Å². The third-order valence-corrected chi connectivity index (χ3v) is 4.12. The normalized spacial score (nSPS) is 11.7. The molecule has 2 aromatic rings. The number of aryl methyl sites for hydroxylation is 2. The van der Waals surface area contributed by atoms with Gasteiger partial charge >= 0.3 is 6.09 Å². The Morgan fingerprint density at radius 2 is 1.90 bits per heavy atom. The summed E-state index contributed by atoms with van der Waals surface area (Å²) in [5.41, 5.74) is 8.13. The highest BCUT2D eigenvalue weighted by atomic mass is 35.5. The van der Waals surface area contributed by atoms with Crippen LogP contribution in [0.25, 0.3) is 0 Å². The monoisotopic (exact) mass is 430 g/mol. The van der Waals surface area contributed by atoms with Crippen molar-refractivity contribution in [2.75, 3.05) is 5.32 Å². The number of hydrogen-bond acceptors (Lipinski definition) is 4. The topological polar surface area (TPSA) is 126 Å². The number of carboxylic acid groups (broad SMARTS) is 1. The Morgan fingerprint density at radius 1 is 1.20 bits per heavy atom. The highest BCUT2D eigenvalue weighted by Gasteiger charge is 2.14. The number of amidine groups is 1. The molecule has 0 fully saturated rings. The van der Waals surface area contributed by atoms with E-state index >= 15 is 0 Å². The zero-order chi connectivity index (χ0) is 22.4. The minimum Gasteiger partial charge on any atom is -0.463 e. The van der Waals surface area contributed by atoms with E-state index in [4.69, 9.17) is 27.2 Å². The summed E-state index contributed by atoms with van der Waals surface area (Å²) in [6, 6.07) is 8.63. The number of ether oxygens (including phenoxy) is 1. The molecule has 9 heteroatoms. The van der Waals surface area contributed by atoms with Gasteiger partial charge in [0.2, 0.25) is 0 Å². The molecule has 0 atom stereocenters. The fraction of sp³-hybridized carbons (Fsp3) is 0.238. The van der Waals surface area contributed by atoms with Crippen molar-refractivity contribution >= 4 is 47.0 Å². The lowest BCUT2D eigenvalue weighted by Gasteiger charge is -2.14. The maximum absolute atomic E-state index is 11.9. The van der Waals surface area contributed by atoms with Crippen LogP contribution >= 0.6 is 11.6 Å². The van der Waals surface area contributed by atoms with Crippen molar-refractivity contribution in [3.8, 4) is 11.5 Å². The van der Waals surface area contributed by atoms with Crippen LogP contribution in [0.15, 0.2) is 40.3 Å². The summed E-state index contributed by atoms with van der Waals surface area (Å²) >= 11 is 6.33. The Balaban J connectivity index is 2.21. The molecule has 0 spiro atoms. The highest BCUT2D eigenvalue weighted by molar-refractivity contribution is 6.42. The van der Waals surface area contributed by atoms with Crippen molar-refractivity contribution in [3.05, 3.63) is 46.5 Å². The molecule has 0 aliphatic rings. The van der Waals surface area contributed by atoms with Crippen LogP contribution in [0.1, 0.15) is 25.0 Å². The molecule has 0 heterocycles. The van der Waals surface area contributed by atoms with E-state index in [1.807, 2.05) is 25.3 Å². The van der Waals surface area contributed by atoms with E-state index in [0.29, 0.717) is 28.7 Å². The zero-order valence-electron chi connectivity index (χ0n) is 17.1. The minimum atomic E-state index is -1.56. The Morgan fingerprint density at radius 3 is 2.47 bits per heavy atom. The molecule has 0 aliphatic carbocycles. The second-order valence-electron chi connectivity index (χ2n) is 6.91. The molecule has 0 aliphatic heterocycles. The van der Waals surface area contributed by atoms with Gasteiger partial charge in [-0.2, -0.15) is 4.99 Å². The lowest BCUT2D eigenvalue weighted by atomic mass is 10.1. The van der Waals surface area contributed by atoms with E-state index in [0.717, 1.165) is 11.3 Å². The molecule has 2 rings (SSSR count). The summed E-state index contributed by atoms with van der Waals surface area (Å²) < 4.78 is 5.94. The van der Waals surface area contributed by atoms with Crippen molar-refractivity contribution < 1.29 is 19.4 Å². The number of nitrogens with zero attached hydrogens (tertiary/aromatic N) is 2. The lowest BCUT2D eigenvalue weighted by molar-refractivity contribution is -0.110. The first-order valence-corrected chi connectivity index (χ1v) is 9.46. The van der Waals surface area contributed by atoms with Crippen molar-refractivity contribution in [2.24, 2.45) is 21.6 Å². The fourth-order valence-electron chi connectivity index (χ4n) is 2.46. The molecular formula is C21H23ClN4O4. The van der Waals surface area contributed by atoms with Gasteiger partial charge in [-0.15, -0.1) is 0 Å². The van der Waals surface area contributed by atoms with E-state index in [1.165, 1.54) is 6.07 Å². The van der Waals surface area contributed by atoms with Gasteiger partial charge in [0, 0.05) is 11.9 Å². The van der Waals surface area contributed by atoms with Gasteiger partial charge in [0.15, 0.2) is 5.84 Å². The SMILES string of the molecule is Cc1cc(Oc2c(C)cc(NC(=O)/C(N)=N/C(=O)O)cc2Cl)ccc1N=CC(C)C. The van der Waals surface area contributed by atoms with Gasteiger partial charge in [-0.3, -0.25) is 9.79 Å². The fourth-order valence-corrected chi connectivity index (χ4v) is 2.77. The molecule has 0 radical (unpaired) electrons. The number of anilines is 1. The molecule has 2 amide bonds. The van der Waals surface area contributed by atoms with Crippen molar-refractivity contribution in [1.29, 1.82) is 0 Å². The van der Waals surface area contributed by atoms with Crippen LogP contribution < -0.4 is 15.8 Å². The average Bonchev–Trinajstić information content (AvgIpc) is 2.63. The Bertz CT molecular complexity index is 1010. The largest absolute Gasteiger partial charge is 0.463 e. The molecule has 8 nitrogen and oxygen atoms in total. The Kier molecular flexibility index (Phi) is 7.54. The van der Waals surface area contributed by atoms with Crippen LogP contribution in [0.3, 0.4) is 0 Å². The first kappa shape index (κ1) is 22.9. The molecular weight excluding hydrogens is 408 g/mol. The number of hydrogen-bond donors (Lipinski definition) is 3. The van der Waals surface area contributed by atoms with Gasteiger partial charge in [0.1, 0.15) is 11.5 Å². The van der Waals surface area contributed by atoms with Crippen LogP contribution in [-0.4, -0.2) is 29.2 Å². The number of carbonyl (C=O) groups excluding carboxylic acids is 1. The summed E-state index contributed by atoms with van der Waals surface area (Å²) in [7, 11) is 0. The van der Waals surface area contributed by atoms with Crippen LogP contribution in [0, 0.1) is 19.8 Å². The number of benzene rings is 2. The smallest absolute Gasteiger partial charge is 0.433 e. The van der Waals surface area contributed by atoms with Gasteiger partial charge < -0.3 is 20.9 Å². The lowest BCUT2D eigenvalue weighted by Crippen LogP contribution is -2.31. The molecule has 30 heavy (non-hydrogen) atoms. The van der Waals surface area contributed by atoms with Gasteiger partial charge in [0.25, 0.3) is 5.91 Å². The predicted molar refractivity (Wildman–Crippen MR) is 119 cm³/mol. The van der Waals surface area contributed by atoms with Crippen LogP contribution in [0.4, 0.5) is 16.2 Å². The van der Waals surface area contributed by atoms with Gasteiger partial charge in [-0.25, -0.2) is 4.79 Å². The van der Waals surface area contributed by atoms with Crippen LogP contribution in [0.2, 0.25) is 5.02 Å². The summed E-state index contributed by atoms with van der Waals surface area (Å²) in [5, 5.41) is 11.3.